The fourth-order valence-electron chi connectivity index (χ4n) is 6.15. The van der Waals surface area contributed by atoms with E-state index in [9.17, 15) is 0 Å². The molecule has 9 aromatic rings. The molecule has 2 aromatic heterocycles. The summed E-state index contributed by atoms with van der Waals surface area (Å²) in [5.41, 5.74) is 8.39. The Hall–Kier alpha value is -5.34. The quantitative estimate of drug-likeness (QED) is 0.231. The van der Waals surface area contributed by atoms with E-state index in [0.717, 1.165) is 43.9 Å². The van der Waals surface area contributed by atoms with Gasteiger partial charge in [0, 0.05) is 21.5 Å². The van der Waals surface area contributed by atoms with Gasteiger partial charge in [-0.25, -0.2) is 0 Å². The summed E-state index contributed by atoms with van der Waals surface area (Å²) in [5, 5.41) is 9.08. The molecule has 0 bridgehead atoms. The first-order valence-corrected chi connectivity index (χ1v) is 13.6. The summed E-state index contributed by atoms with van der Waals surface area (Å²) in [5.74, 6) is 0. The second kappa shape index (κ2) is 8.08. The molecule has 0 atom stereocenters. The van der Waals surface area contributed by atoms with Gasteiger partial charge < -0.3 is 8.83 Å². The van der Waals surface area contributed by atoms with Crippen molar-refractivity contribution in [1.82, 2.24) is 0 Å². The Kier molecular flexibility index (Phi) is 4.36. The van der Waals surface area contributed by atoms with Crippen LogP contribution < -0.4 is 0 Å². The smallest absolute Gasteiger partial charge is 0.136 e. The standard InChI is InChI=1S/C38H22O2/c1-3-7-23(8-4-1)25-11-13-27-19-35-31(17-29(27)15-25)33-21-38-34(22-37(33)39-35)32-18-30-16-26(24-9-5-2-6-10-24)12-14-28(30)20-36(32)40-38/h1-22H. The molecular weight excluding hydrogens is 488 g/mol. The molecule has 7 aromatic carbocycles. The van der Waals surface area contributed by atoms with Gasteiger partial charge in [-0.2, -0.15) is 0 Å². The summed E-state index contributed by atoms with van der Waals surface area (Å²) < 4.78 is 12.8. The van der Waals surface area contributed by atoms with Crippen LogP contribution in [0.15, 0.2) is 142 Å². The highest BCUT2D eigenvalue weighted by molar-refractivity contribution is 6.18. The molecule has 0 aliphatic rings. The Balaban J connectivity index is 1.24. The molecule has 2 nitrogen and oxygen atoms in total. The largest absolute Gasteiger partial charge is 0.456 e. The zero-order valence-corrected chi connectivity index (χ0v) is 21.5. The molecule has 0 saturated heterocycles. The van der Waals surface area contributed by atoms with E-state index < -0.39 is 0 Å². The minimum absolute atomic E-state index is 0.877. The minimum Gasteiger partial charge on any atom is -0.456 e. The monoisotopic (exact) mass is 510 g/mol. The summed E-state index contributed by atoms with van der Waals surface area (Å²) in [6.07, 6.45) is 0. The van der Waals surface area contributed by atoms with Gasteiger partial charge in [-0.3, -0.25) is 0 Å². The highest BCUT2D eigenvalue weighted by Gasteiger charge is 2.15. The lowest BCUT2D eigenvalue weighted by Crippen LogP contribution is -1.79. The van der Waals surface area contributed by atoms with Gasteiger partial charge in [0.15, 0.2) is 0 Å². The van der Waals surface area contributed by atoms with Crippen LogP contribution in [-0.4, -0.2) is 0 Å². The van der Waals surface area contributed by atoms with Gasteiger partial charge in [0.1, 0.15) is 22.3 Å². The van der Waals surface area contributed by atoms with Crippen molar-refractivity contribution in [3.63, 3.8) is 0 Å². The van der Waals surface area contributed by atoms with E-state index in [2.05, 4.69) is 133 Å². The van der Waals surface area contributed by atoms with Crippen LogP contribution in [0, 0.1) is 0 Å². The van der Waals surface area contributed by atoms with Gasteiger partial charge >= 0.3 is 0 Å². The van der Waals surface area contributed by atoms with E-state index in [-0.39, 0.29) is 0 Å². The van der Waals surface area contributed by atoms with Crippen LogP contribution in [0.4, 0.5) is 0 Å². The Bertz CT molecular complexity index is 2240. The summed E-state index contributed by atoms with van der Waals surface area (Å²) in [6.45, 7) is 0. The lowest BCUT2D eigenvalue weighted by molar-refractivity contribution is 0.664. The molecule has 9 rings (SSSR count). The van der Waals surface area contributed by atoms with Crippen molar-refractivity contribution < 1.29 is 8.83 Å². The molecular formula is C38H22O2. The molecule has 0 spiro atoms. The van der Waals surface area contributed by atoms with E-state index in [4.69, 9.17) is 8.83 Å². The zero-order valence-electron chi connectivity index (χ0n) is 21.5. The third-order valence-electron chi connectivity index (χ3n) is 8.19. The number of rotatable bonds is 2. The van der Waals surface area contributed by atoms with E-state index in [1.165, 1.54) is 43.8 Å². The van der Waals surface area contributed by atoms with Crippen LogP contribution in [0.2, 0.25) is 0 Å². The minimum atomic E-state index is 0.877. The highest BCUT2D eigenvalue weighted by atomic mass is 16.3. The SMILES string of the molecule is c1ccc(-c2ccc3cc4oc5cc6c(cc5c4cc3c2)oc2cc3ccc(-c4ccccc4)cc3cc26)cc1. The van der Waals surface area contributed by atoms with Crippen LogP contribution >= 0.6 is 0 Å². The maximum Gasteiger partial charge on any atom is 0.136 e. The second-order valence-corrected chi connectivity index (χ2v) is 10.6. The van der Waals surface area contributed by atoms with Crippen molar-refractivity contribution in [3.8, 4) is 22.3 Å². The molecule has 0 radical (unpaired) electrons. The van der Waals surface area contributed by atoms with Gasteiger partial charge in [-0.15, -0.1) is 0 Å². The highest BCUT2D eigenvalue weighted by Crippen LogP contribution is 2.40. The molecule has 0 fully saturated rings. The fourth-order valence-corrected chi connectivity index (χ4v) is 6.15. The van der Waals surface area contributed by atoms with E-state index in [0.29, 0.717) is 0 Å². The van der Waals surface area contributed by atoms with Crippen molar-refractivity contribution in [1.29, 1.82) is 0 Å². The molecule has 0 N–H and O–H groups in total. The molecule has 2 heterocycles. The number of hydrogen-bond donors (Lipinski definition) is 0. The molecule has 0 saturated carbocycles. The molecule has 0 aliphatic carbocycles. The van der Waals surface area contributed by atoms with Crippen molar-refractivity contribution in [2.24, 2.45) is 0 Å². The van der Waals surface area contributed by atoms with Gasteiger partial charge in [-0.1, -0.05) is 84.9 Å². The average Bonchev–Trinajstić information content (AvgIpc) is 3.53. The number of hydrogen-bond acceptors (Lipinski definition) is 2. The summed E-state index contributed by atoms with van der Waals surface area (Å²) in [7, 11) is 0. The molecule has 2 heteroatoms. The van der Waals surface area contributed by atoms with Crippen molar-refractivity contribution >= 4 is 65.4 Å². The summed E-state index contributed by atoms with van der Waals surface area (Å²) >= 11 is 0. The van der Waals surface area contributed by atoms with Crippen LogP contribution in [0.3, 0.4) is 0 Å². The van der Waals surface area contributed by atoms with E-state index in [1.54, 1.807) is 0 Å². The molecule has 0 amide bonds. The third-order valence-corrected chi connectivity index (χ3v) is 8.19. The first kappa shape index (κ1) is 21.6. The number of furan rings is 2. The Labute approximate surface area is 229 Å². The van der Waals surface area contributed by atoms with Crippen molar-refractivity contribution in [3.05, 3.63) is 133 Å². The van der Waals surface area contributed by atoms with Gasteiger partial charge in [0.2, 0.25) is 0 Å². The van der Waals surface area contributed by atoms with Crippen LogP contribution in [0.25, 0.3) is 87.7 Å². The number of benzene rings is 7. The van der Waals surface area contributed by atoms with Crippen LogP contribution in [0.5, 0.6) is 0 Å². The summed E-state index contributed by atoms with van der Waals surface area (Å²) in [4.78, 5) is 0. The average molecular weight is 511 g/mol. The predicted molar refractivity (Wildman–Crippen MR) is 167 cm³/mol. The van der Waals surface area contributed by atoms with Crippen molar-refractivity contribution in [2.45, 2.75) is 0 Å². The van der Waals surface area contributed by atoms with Gasteiger partial charge in [0.25, 0.3) is 0 Å². The maximum atomic E-state index is 6.42. The normalized spacial score (nSPS) is 12.0. The van der Waals surface area contributed by atoms with Gasteiger partial charge in [-0.05, 0) is 92.3 Å². The van der Waals surface area contributed by atoms with Crippen molar-refractivity contribution in [2.75, 3.05) is 0 Å². The molecule has 186 valence electrons. The molecule has 0 unspecified atom stereocenters. The van der Waals surface area contributed by atoms with E-state index in [1.807, 2.05) is 0 Å². The molecule has 40 heavy (non-hydrogen) atoms. The first-order chi connectivity index (χ1) is 19.8. The lowest BCUT2D eigenvalue weighted by Gasteiger charge is -2.04. The van der Waals surface area contributed by atoms with E-state index >= 15 is 0 Å². The summed E-state index contributed by atoms with van der Waals surface area (Å²) in [6, 6.07) is 47.3. The topological polar surface area (TPSA) is 26.3 Å². The lowest BCUT2D eigenvalue weighted by atomic mass is 9.99. The Morgan fingerprint density at radius 1 is 0.275 bits per heavy atom. The molecule has 0 aliphatic heterocycles. The predicted octanol–water partition coefficient (Wildman–Crippen LogP) is 11.1. The number of fused-ring (bicyclic) bond motifs is 8. The van der Waals surface area contributed by atoms with Crippen LogP contribution in [0.1, 0.15) is 0 Å². The second-order valence-electron chi connectivity index (χ2n) is 10.6. The van der Waals surface area contributed by atoms with Crippen LogP contribution in [-0.2, 0) is 0 Å². The third kappa shape index (κ3) is 3.23. The maximum absolute atomic E-state index is 6.42. The fraction of sp³-hybridized carbons (Fsp3) is 0. The Morgan fingerprint density at radius 3 is 1.12 bits per heavy atom. The first-order valence-electron chi connectivity index (χ1n) is 13.6. The Morgan fingerprint density at radius 2 is 0.675 bits per heavy atom. The van der Waals surface area contributed by atoms with Gasteiger partial charge in [0.05, 0.1) is 0 Å². The zero-order chi connectivity index (χ0) is 26.2.